The van der Waals surface area contributed by atoms with Crippen LogP contribution in [0.3, 0.4) is 0 Å². The first kappa shape index (κ1) is 19.8. The standard InChI is InChI=1S/C21H21ClN2O4/c1-3-14-18(22)17(23-9-8-12-4-6-13(28-2)7-5-12)10-15-19(14)24-11-16(20(15)25)21(26)27/h4-7,10-11,23H,3,8-9H2,1-2H3,(H,24,25)(H,26,27). The van der Waals surface area contributed by atoms with Gasteiger partial charge in [0.25, 0.3) is 0 Å². The molecule has 3 N–H and O–H groups in total. The molecule has 0 aliphatic heterocycles. The average molecular weight is 401 g/mol. The van der Waals surface area contributed by atoms with E-state index in [0.717, 1.165) is 23.3 Å². The van der Waals surface area contributed by atoms with Crippen molar-refractivity contribution < 1.29 is 14.6 Å². The van der Waals surface area contributed by atoms with Crippen LogP contribution in [-0.2, 0) is 12.8 Å². The number of carbonyl (C=O) groups is 1. The van der Waals surface area contributed by atoms with Crippen LogP contribution in [0.5, 0.6) is 5.75 Å². The fourth-order valence-corrected chi connectivity index (χ4v) is 3.52. The Morgan fingerprint density at radius 2 is 2.00 bits per heavy atom. The number of hydrogen-bond donors (Lipinski definition) is 3. The molecule has 0 bridgehead atoms. The van der Waals surface area contributed by atoms with Crippen molar-refractivity contribution in [3.63, 3.8) is 0 Å². The molecule has 146 valence electrons. The number of aryl methyl sites for hydroxylation is 1. The number of carboxylic acid groups (broad SMARTS) is 1. The Labute approximate surface area is 167 Å². The van der Waals surface area contributed by atoms with Gasteiger partial charge in [-0.1, -0.05) is 30.7 Å². The van der Waals surface area contributed by atoms with Gasteiger partial charge in [-0.3, -0.25) is 4.79 Å². The van der Waals surface area contributed by atoms with E-state index in [4.69, 9.17) is 16.3 Å². The first-order chi connectivity index (χ1) is 13.5. The molecule has 0 amide bonds. The van der Waals surface area contributed by atoms with Gasteiger partial charge in [-0.15, -0.1) is 0 Å². The minimum atomic E-state index is -1.26. The summed E-state index contributed by atoms with van der Waals surface area (Å²) in [5.74, 6) is -0.458. The summed E-state index contributed by atoms with van der Waals surface area (Å²) < 4.78 is 5.16. The Hall–Kier alpha value is -2.99. The average Bonchev–Trinajstić information content (AvgIpc) is 2.69. The molecule has 3 aromatic rings. The van der Waals surface area contributed by atoms with Crippen molar-refractivity contribution in [1.82, 2.24) is 4.98 Å². The largest absolute Gasteiger partial charge is 0.497 e. The molecule has 0 saturated heterocycles. The molecule has 0 atom stereocenters. The third-order valence-corrected chi connectivity index (χ3v) is 5.12. The number of fused-ring (bicyclic) bond motifs is 1. The van der Waals surface area contributed by atoms with Gasteiger partial charge in [-0.25, -0.2) is 4.79 Å². The van der Waals surface area contributed by atoms with Gasteiger partial charge in [0, 0.05) is 18.1 Å². The molecule has 0 fully saturated rings. The molecule has 3 rings (SSSR count). The summed E-state index contributed by atoms with van der Waals surface area (Å²) in [5.41, 5.74) is 2.29. The topological polar surface area (TPSA) is 91.4 Å². The van der Waals surface area contributed by atoms with E-state index in [1.807, 2.05) is 31.2 Å². The second-order valence-electron chi connectivity index (χ2n) is 6.35. The van der Waals surface area contributed by atoms with Gasteiger partial charge in [-0.05, 0) is 42.2 Å². The van der Waals surface area contributed by atoms with Crippen molar-refractivity contribution in [2.45, 2.75) is 19.8 Å². The molecule has 0 spiro atoms. The number of methoxy groups -OCH3 is 1. The lowest BCUT2D eigenvalue weighted by molar-refractivity contribution is 0.0695. The lowest BCUT2D eigenvalue weighted by Gasteiger charge is -2.14. The van der Waals surface area contributed by atoms with E-state index >= 15 is 0 Å². The third kappa shape index (κ3) is 3.82. The zero-order valence-electron chi connectivity index (χ0n) is 15.6. The van der Waals surface area contributed by atoms with Crippen LogP contribution in [0, 0.1) is 0 Å². The second-order valence-corrected chi connectivity index (χ2v) is 6.73. The SMILES string of the molecule is CCc1c(Cl)c(NCCc2ccc(OC)cc2)cc2c(=O)c(C(=O)O)c[nH]c12. The lowest BCUT2D eigenvalue weighted by atomic mass is 10.0. The Balaban J connectivity index is 1.91. The molecule has 1 heterocycles. The molecular formula is C21H21ClN2O4. The summed E-state index contributed by atoms with van der Waals surface area (Å²) >= 11 is 6.55. The zero-order chi connectivity index (χ0) is 20.3. The summed E-state index contributed by atoms with van der Waals surface area (Å²) in [4.78, 5) is 26.8. The summed E-state index contributed by atoms with van der Waals surface area (Å²) in [7, 11) is 1.63. The molecule has 0 aliphatic carbocycles. The van der Waals surface area contributed by atoms with E-state index < -0.39 is 11.4 Å². The number of aromatic nitrogens is 1. The van der Waals surface area contributed by atoms with Crippen molar-refractivity contribution >= 4 is 34.2 Å². The number of ether oxygens (including phenoxy) is 1. The molecule has 1 aromatic heterocycles. The van der Waals surface area contributed by atoms with Crippen molar-refractivity contribution in [3.8, 4) is 5.75 Å². The van der Waals surface area contributed by atoms with Gasteiger partial charge in [0.1, 0.15) is 11.3 Å². The van der Waals surface area contributed by atoms with E-state index in [2.05, 4.69) is 10.3 Å². The highest BCUT2D eigenvalue weighted by atomic mass is 35.5. The fraction of sp³-hybridized carbons (Fsp3) is 0.238. The number of aromatic amines is 1. The predicted molar refractivity (Wildman–Crippen MR) is 111 cm³/mol. The predicted octanol–water partition coefficient (Wildman–Crippen LogP) is 4.11. The zero-order valence-corrected chi connectivity index (χ0v) is 16.4. The van der Waals surface area contributed by atoms with E-state index in [9.17, 15) is 14.7 Å². The Morgan fingerprint density at radius 1 is 1.29 bits per heavy atom. The molecule has 0 saturated carbocycles. The van der Waals surface area contributed by atoms with Crippen molar-refractivity contribution in [2.75, 3.05) is 19.0 Å². The van der Waals surface area contributed by atoms with Gasteiger partial charge in [-0.2, -0.15) is 0 Å². The molecule has 6 nitrogen and oxygen atoms in total. The van der Waals surface area contributed by atoms with E-state index in [0.29, 0.717) is 34.6 Å². The van der Waals surface area contributed by atoms with Crippen LogP contribution < -0.4 is 15.5 Å². The number of hydrogen-bond acceptors (Lipinski definition) is 4. The Kier molecular flexibility index (Phi) is 5.90. The molecule has 0 radical (unpaired) electrons. The first-order valence-electron chi connectivity index (χ1n) is 8.93. The molecule has 7 heteroatoms. The minimum absolute atomic E-state index is 0.291. The highest BCUT2D eigenvalue weighted by Crippen LogP contribution is 2.32. The fourth-order valence-electron chi connectivity index (χ4n) is 3.17. The van der Waals surface area contributed by atoms with Crippen LogP contribution in [0.2, 0.25) is 5.02 Å². The van der Waals surface area contributed by atoms with Gasteiger partial charge >= 0.3 is 5.97 Å². The van der Waals surface area contributed by atoms with E-state index in [-0.39, 0.29) is 5.56 Å². The van der Waals surface area contributed by atoms with Crippen LogP contribution in [0.1, 0.15) is 28.4 Å². The van der Waals surface area contributed by atoms with Crippen molar-refractivity contribution in [3.05, 3.63) is 68.5 Å². The number of carboxylic acids is 1. The lowest BCUT2D eigenvalue weighted by Crippen LogP contribution is -2.16. The molecule has 0 unspecified atom stereocenters. The molecule has 28 heavy (non-hydrogen) atoms. The monoisotopic (exact) mass is 400 g/mol. The van der Waals surface area contributed by atoms with Crippen LogP contribution in [-0.4, -0.2) is 29.7 Å². The maximum Gasteiger partial charge on any atom is 0.341 e. The quantitative estimate of drug-likeness (QED) is 0.555. The minimum Gasteiger partial charge on any atom is -0.497 e. The number of anilines is 1. The normalized spacial score (nSPS) is 10.8. The summed E-state index contributed by atoms with van der Waals surface area (Å²) in [6.45, 7) is 2.54. The number of rotatable bonds is 7. The smallest absolute Gasteiger partial charge is 0.341 e. The number of pyridine rings is 1. The van der Waals surface area contributed by atoms with E-state index in [1.165, 1.54) is 6.20 Å². The summed E-state index contributed by atoms with van der Waals surface area (Å²) in [5, 5.41) is 13.3. The third-order valence-electron chi connectivity index (χ3n) is 4.68. The van der Waals surface area contributed by atoms with Crippen LogP contribution >= 0.6 is 11.6 Å². The van der Waals surface area contributed by atoms with Crippen LogP contribution in [0.15, 0.2) is 41.3 Å². The van der Waals surface area contributed by atoms with Gasteiger partial charge in [0.2, 0.25) is 5.43 Å². The van der Waals surface area contributed by atoms with Gasteiger partial charge in [0.05, 0.1) is 23.3 Å². The Morgan fingerprint density at radius 3 is 2.61 bits per heavy atom. The number of benzene rings is 2. The first-order valence-corrected chi connectivity index (χ1v) is 9.31. The Bertz CT molecular complexity index is 1070. The number of halogens is 1. The van der Waals surface area contributed by atoms with Crippen molar-refractivity contribution in [2.24, 2.45) is 0 Å². The maximum absolute atomic E-state index is 12.6. The molecular weight excluding hydrogens is 380 g/mol. The molecule has 2 aromatic carbocycles. The number of nitrogens with one attached hydrogen (secondary N) is 2. The van der Waals surface area contributed by atoms with E-state index in [1.54, 1.807) is 13.2 Å². The van der Waals surface area contributed by atoms with Crippen molar-refractivity contribution in [1.29, 1.82) is 0 Å². The maximum atomic E-state index is 12.6. The summed E-state index contributed by atoms with van der Waals surface area (Å²) in [6.07, 6.45) is 2.58. The number of H-pyrrole nitrogens is 1. The molecule has 0 aliphatic rings. The van der Waals surface area contributed by atoms with Crippen LogP contribution in [0.25, 0.3) is 10.9 Å². The van der Waals surface area contributed by atoms with Crippen LogP contribution in [0.4, 0.5) is 5.69 Å². The summed E-state index contributed by atoms with van der Waals surface area (Å²) in [6, 6.07) is 9.41. The second kappa shape index (κ2) is 8.35. The highest BCUT2D eigenvalue weighted by molar-refractivity contribution is 6.35. The highest BCUT2D eigenvalue weighted by Gasteiger charge is 2.17. The van der Waals surface area contributed by atoms with Gasteiger partial charge in [0.15, 0.2) is 0 Å². The van der Waals surface area contributed by atoms with Gasteiger partial charge < -0.3 is 20.1 Å². The number of aromatic carboxylic acids is 1.